The van der Waals surface area contributed by atoms with Crippen LogP contribution in [0.3, 0.4) is 0 Å². The number of carbonyl (C=O) groups is 1. The maximum atomic E-state index is 12.2. The van der Waals surface area contributed by atoms with Crippen LogP contribution in [-0.2, 0) is 14.2 Å². The van der Waals surface area contributed by atoms with Gasteiger partial charge in [-0.25, -0.2) is 4.79 Å². The number of nitrogens with zero attached hydrogens (tertiary/aromatic N) is 2. The van der Waals surface area contributed by atoms with Gasteiger partial charge in [-0.1, -0.05) is 0 Å². The lowest BCUT2D eigenvalue weighted by molar-refractivity contribution is -0.0858. The van der Waals surface area contributed by atoms with Gasteiger partial charge in [0.1, 0.15) is 0 Å². The molecule has 0 aromatic rings. The van der Waals surface area contributed by atoms with Crippen molar-refractivity contribution in [2.75, 3.05) is 65.8 Å². The van der Waals surface area contributed by atoms with E-state index in [9.17, 15) is 4.79 Å². The number of carbonyl (C=O) groups excluding carboxylic acids is 1. The zero-order chi connectivity index (χ0) is 13.8. The largest absolute Gasteiger partial charge is 0.378 e. The Morgan fingerprint density at radius 3 is 2.85 bits per heavy atom. The van der Waals surface area contributed by atoms with E-state index in [1.165, 1.54) is 0 Å². The molecule has 3 aliphatic rings. The summed E-state index contributed by atoms with van der Waals surface area (Å²) in [6.45, 7) is 7.30. The van der Waals surface area contributed by atoms with Crippen LogP contribution in [0.15, 0.2) is 0 Å². The van der Waals surface area contributed by atoms with E-state index in [-0.39, 0.29) is 12.1 Å². The first-order valence-electron chi connectivity index (χ1n) is 7.37. The van der Waals surface area contributed by atoms with Crippen LogP contribution in [0.5, 0.6) is 0 Å². The second kappa shape index (κ2) is 6.71. The highest BCUT2D eigenvalue weighted by Gasteiger charge is 2.31. The van der Waals surface area contributed by atoms with Crippen LogP contribution in [0.2, 0.25) is 0 Å². The van der Waals surface area contributed by atoms with Gasteiger partial charge in [0.25, 0.3) is 0 Å². The molecule has 3 saturated heterocycles. The standard InChI is InChI=1S/C13H23N3O4/c17-13(14-7-12-10-19-5-6-20-12)16-2-1-15-3-4-18-9-11(15)8-16/h11-12H,1-10H2,(H,14,17). The number of piperazine rings is 1. The fourth-order valence-electron chi connectivity index (χ4n) is 2.90. The molecule has 0 spiro atoms. The van der Waals surface area contributed by atoms with E-state index in [1.807, 2.05) is 4.90 Å². The molecule has 2 atom stereocenters. The van der Waals surface area contributed by atoms with E-state index >= 15 is 0 Å². The Kier molecular flexibility index (Phi) is 4.72. The highest BCUT2D eigenvalue weighted by molar-refractivity contribution is 5.74. The zero-order valence-electron chi connectivity index (χ0n) is 11.8. The normalized spacial score (nSPS) is 31.7. The lowest BCUT2D eigenvalue weighted by Crippen LogP contribution is -2.60. The summed E-state index contributed by atoms with van der Waals surface area (Å²) in [5.74, 6) is 0. The minimum absolute atomic E-state index is 0.00982. The Balaban J connectivity index is 1.42. The third kappa shape index (κ3) is 3.41. The maximum absolute atomic E-state index is 12.2. The molecule has 1 N–H and O–H groups in total. The summed E-state index contributed by atoms with van der Waals surface area (Å²) in [5, 5.41) is 2.94. The molecule has 114 valence electrons. The molecule has 0 bridgehead atoms. The van der Waals surface area contributed by atoms with Crippen LogP contribution < -0.4 is 5.32 Å². The summed E-state index contributed by atoms with van der Waals surface area (Å²) in [5.41, 5.74) is 0. The molecule has 3 rings (SSSR count). The minimum Gasteiger partial charge on any atom is -0.378 e. The third-order valence-electron chi connectivity index (χ3n) is 4.09. The van der Waals surface area contributed by atoms with Crippen molar-refractivity contribution >= 4 is 6.03 Å². The number of nitrogens with one attached hydrogen (secondary N) is 1. The predicted molar refractivity (Wildman–Crippen MR) is 71.7 cm³/mol. The molecule has 0 radical (unpaired) electrons. The maximum Gasteiger partial charge on any atom is 0.317 e. The van der Waals surface area contributed by atoms with E-state index in [2.05, 4.69) is 10.2 Å². The van der Waals surface area contributed by atoms with Crippen molar-refractivity contribution in [3.63, 3.8) is 0 Å². The highest BCUT2D eigenvalue weighted by Crippen LogP contribution is 2.13. The van der Waals surface area contributed by atoms with Gasteiger partial charge >= 0.3 is 6.03 Å². The smallest absolute Gasteiger partial charge is 0.317 e. The summed E-state index contributed by atoms with van der Waals surface area (Å²) >= 11 is 0. The van der Waals surface area contributed by atoms with Crippen molar-refractivity contribution in [2.45, 2.75) is 12.1 Å². The van der Waals surface area contributed by atoms with Crippen LogP contribution in [0.1, 0.15) is 0 Å². The van der Waals surface area contributed by atoms with Gasteiger partial charge in [0.2, 0.25) is 0 Å². The number of rotatable bonds is 2. The second-order valence-corrected chi connectivity index (χ2v) is 5.46. The summed E-state index contributed by atoms with van der Waals surface area (Å²) in [4.78, 5) is 16.5. The third-order valence-corrected chi connectivity index (χ3v) is 4.09. The summed E-state index contributed by atoms with van der Waals surface area (Å²) in [7, 11) is 0. The van der Waals surface area contributed by atoms with Gasteiger partial charge < -0.3 is 24.4 Å². The van der Waals surface area contributed by atoms with Gasteiger partial charge in [0, 0.05) is 32.7 Å². The molecule has 0 saturated carbocycles. The predicted octanol–water partition coefficient (Wildman–Crippen LogP) is -0.872. The van der Waals surface area contributed by atoms with E-state index in [0.29, 0.717) is 32.4 Å². The second-order valence-electron chi connectivity index (χ2n) is 5.46. The van der Waals surface area contributed by atoms with Crippen molar-refractivity contribution in [1.82, 2.24) is 15.1 Å². The quantitative estimate of drug-likeness (QED) is 0.714. The number of morpholine rings is 1. The Morgan fingerprint density at radius 1 is 1.10 bits per heavy atom. The van der Waals surface area contributed by atoms with Gasteiger partial charge in [-0.15, -0.1) is 0 Å². The molecule has 7 nitrogen and oxygen atoms in total. The molecule has 2 unspecified atom stereocenters. The highest BCUT2D eigenvalue weighted by atomic mass is 16.6. The van der Waals surface area contributed by atoms with Crippen LogP contribution in [-0.4, -0.2) is 93.7 Å². The Bertz CT molecular complexity index is 336. The molecule has 2 amide bonds. The van der Waals surface area contributed by atoms with E-state index in [0.717, 1.165) is 39.4 Å². The average molecular weight is 285 g/mol. The van der Waals surface area contributed by atoms with Gasteiger partial charge in [-0.05, 0) is 0 Å². The average Bonchev–Trinajstić information content (AvgIpc) is 2.53. The molecule has 0 aromatic heterocycles. The van der Waals surface area contributed by atoms with Crippen LogP contribution >= 0.6 is 0 Å². The van der Waals surface area contributed by atoms with Gasteiger partial charge in [0.05, 0.1) is 45.2 Å². The number of urea groups is 1. The molecule has 20 heavy (non-hydrogen) atoms. The number of ether oxygens (including phenoxy) is 3. The zero-order valence-corrected chi connectivity index (χ0v) is 11.8. The van der Waals surface area contributed by atoms with Crippen molar-refractivity contribution < 1.29 is 19.0 Å². The van der Waals surface area contributed by atoms with E-state index in [4.69, 9.17) is 14.2 Å². The first kappa shape index (κ1) is 14.1. The number of hydrogen-bond donors (Lipinski definition) is 1. The van der Waals surface area contributed by atoms with Crippen molar-refractivity contribution in [2.24, 2.45) is 0 Å². The monoisotopic (exact) mass is 285 g/mol. The van der Waals surface area contributed by atoms with Crippen LogP contribution in [0.25, 0.3) is 0 Å². The first-order chi connectivity index (χ1) is 9.83. The fourth-order valence-corrected chi connectivity index (χ4v) is 2.90. The SMILES string of the molecule is O=C(NCC1COCCO1)N1CCN2CCOCC2C1. The number of hydrogen-bond acceptors (Lipinski definition) is 5. The molecule has 0 aliphatic carbocycles. The molecular weight excluding hydrogens is 262 g/mol. The Hall–Kier alpha value is -0.890. The molecule has 3 fully saturated rings. The van der Waals surface area contributed by atoms with Crippen LogP contribution in [0, 0.1) is 0 Å². The summed E-state index contributed by atoms with van der Waals surface area (Å²) in [6, 6.07) is 0.335. The first-order valence-corrected chi connectivity index (χ1v) is 7.37. The Morgan fingerprint density at radius 2 is 2.00 bits per heavy atom. The van der Waals surface area contributed by atoms with Gasteiger partial charge in [-0.2, -0.15) is 0 Å². The van der Waals surface area contributed by atoms with Crippen LogP contribution in [0.4, 0.5) is 4.79 Å². The van der Waals surface area contributed by atoms with E-state index < -0.39 is 0 Å². The van der Waals surface area contributed by atoms with Crippen molar-refractivity contribution in [3.8, 4) is 0 Å². The van der Waals surface area contributed by atoms with E-state index in [1.54, 1.807) is 0 Å². The lowest BCUT2D eigenvalue weighted by Gasteiger charge is -2.43. The number of amides is 2. The Labute approximate surface area is 119 Å². The summed E-state index contributed by atoms with van der Waals surface area (Å²) in [6.07, 6.45) is -0.0213. The van der Waals surface area contributed by atoms with Crippen molar-refractivity contribution in [3.05, 3.63) is 0 Å². The molecule has 7 heteroatoms. The fraction of sp³-hybridized carbons (Fsp3) is 0.923. The minimum atomic E-state index is -0.0213. The van der Waals surface area contributed by atoms with Gasteiger partial charge in [-0.3, -0.25) is 4.90 Å². The molecule has 3 aliphatic heterocycles. The number of fused-ring (bicyclic) bond motifs is 1. The molecular formula is C13H23N3O4. The van der Waals surface area contributed by atoms with Crippen molar-refractivity contribution in [1.29, 1.82) is 0 Å². The molecule has 3 heterocycles. The molecule has 0 aromatic carbocycles. The summed E-state index contributed by atoms with van der Waals surface area (Å²) < 4.78 is 16.3. The topological polar surface area (TPSA) is 63.3 Å². The lowest BCUT2D eigenvalue weighted by atomic mass is 10.1. The van der Waals surface area contributed by atoms with Gasteiger partial charge in [0.15, 0.2) is 0 Å².